The monoisotopic (exact) mass is 384 g/mol. The van der Waals surface area contributed by atoms with Crippen molar-refractivity contribution >= 4 is 11.8 Å². The van der Waals surface area contributed by atoms with Crippen LogP contribution in [0.5, 0.6) is 11.5 Å². The highest BCUT2D eigenvalue weighted by molar-refractivity contribution is 5.77. The van der Waals surface area contributed by atoms with E-state index in [-0.39, 0.29) is 29.4 Å². The van der Waals surface area contributed by atoms with E-state index >= 15 is 0 Å². The lowest BCUT2D eigenvalue weighted by Gasteiger charge is -2.18. The molecule has 0 aromatic heterocycles. The van der Waals surface area contributed by atoms with Crippen molar-refractivity contribution < 1.29 is 19.8 Å². The lowest BCUT2D eigenvalue weighted by Crippen LogP contribution is -2.43. The Kier molecular flexibility index (Phi) is 8.34. The van der Waals surface area contributed by atoms with Gasteiger partial charge in [0.2, 0.25) is 11.8 Å². The fourth-order valence-electron chi connectivity index (χ4n) is 2.76. The van der Waals surface area contributed by atoms with Gasteiger partial charge in [-0.3, -0.25) is 9.59 Å². The van der Waals surface area contributed by atoms with Crippen LogP contribution < -0.4 is 10.6 Å². The van der Waals surface area contributed by atoms with Gasteiger partial charge in [-0.2, -0.15) is 0 Å². The van der Waals surface area contributed by atoms with Crippen LogP contribution in [-0.4, -0.2) is 34.6 Å². The molecule has 0 radical (unpaired) electrons. The number of hydrogen-bond acceptors (Lipinski definition) is 4. The molecule has 6 heteroatoms. The second-order valence-electron chi connectivity index (χ2n) is 6.81. The van der Waals surface area contributed by atoms with Crippen LogP contribution in [0.25, 0.3) is 0 Å². The van der Waals surface area contributed by atoms with E-state index in [1.54, 1.807) is 48.5 Å². The SMILES string of the molecule is CCC(CNC(=O)CCc1ccc(O)cc1)NC(=O)CCc1ccc(O)cc1. The van der Waals surface area contributed by atoms with Gasteiger partial charge in [0.1, 0.15) is 11.5 Å². The highest BCUT2D eigenvalue weighted by Gasteiger charge is 2.12. The van der Waals surface area contributed by atoms with Crippen LogP contribution in [0, 0.1) is 0 Å². The normalized spacial score (nSPS) is 11.6. The first-order valence-electron chi connectivity index (χ1n) is 9.58. The molecule has 0 spiro atoms. The van der Waals surface area contributed by atoms with Crippen molar-refractivity contribution in [3.05, 3.63) is 59.7 Å². The molecule has 0 aliphatic heterocycles. The Morgan fingerprint density at radius 3 is 1.75 bits per heavy atom. The summed E-state index contributed by atoms with van der Waals surface area (Å²) in [6.07, 6.45) is 2.64. The minimum absolute atomic E-state index is 0.0572. The van der Waals surface area contributed by atoms with Crippen LogP contribution in [0.15, 0.2) is 48.5 Å². The van der Waals surface area contributed by atoms with Crippen LogP contribution in [0.4, 0.5) is 0 Å². The first-order chi connectivity index (χ1) is 13.5. The highest BCUT2D eigenvalue weighted by Crippen LogP contribution is 2.12. The largest absolute Gasteiger partial charge is 0.508 e. The van der Waals surface area contributed by atoms with Crippen LogP contribution >= 0.6 is 0 Å². The van der Waals surface area contributed by atoms with E-state index in [1.165, 1.54) is 0 Å². The highest BCUT2D eigenvalue weighted by atomic mass is 16.3. The third-order valence-electron chi connectivity index (χ3n) is 4.56. The Hall–Kier alpha value is -3.02. The minimum Gasteiger partial charge on any atom is -0.508 e. The van der Waals surface area contributed by atoms with E-state index in [9.17, 15) is 19.8 Å². The number of amides is 2. The topological polar surface area (TPSA) is 98.7 Å². The van der Waals surface area contributed by atoms with Crippen molar-refractivity contribution in [3.63, 3.8) is 0 Å². The molecule has 4 N–H and O–H groups in total. The molecule has 0 fully saturated rings. The van der Waals surface area contributed by atoms with Gasteiger partial charge in [-0.15, -0.1) is 0 Å². The zero-order chi connectivity index (χ0) is 20.4. The number of hydrogen-bond donors (Lipinski definition) is 4. The Morgan fingerprint density at radius 2 is 1.29 bits per heavy atom. The predicted molar refractivity (Wildman–Crippen MR) is 108 cm³/mol. The molecule has 0 saturated heterocycles. The molecule has 2 aromatic rings. The Balaban J connectivity index is 1.67. The lowest BCUT2D eigenvalue weighted by molar-refractivity contribution is -0.123. The molecule has 1 unspecified atom stereocenters. The second-order valence-corrected chi connectivity index (χ2v) is 6.81. The van der Waals surface area contributed by atoms with Gasteiger partial charge in [0.25, 0.3) is 0 Å². The second kappa shape index (κ2) is 11.0. The van der Waals surface area contributed by atoms with Gasteiger partial charge in [-0.1, -0.05) is 31.2 Å². The third kappa shape index (κ3) is 7.70. The predicted octanol–water partition coefficient (Wildman–Crippen LogP) is 2.67. The number of nitrogens with one attached hydrogen (secondary N) is 2. The molecule has 1 atom stereocenters. The van der Waals surface area contributed by atoms with Crippen LogP contribution in [-0.2, 0) is 22.4 Å². The Morgan fingerprint density at radius 1 is 0.821 bits per heavy atom. The number of aryl methyl sites for hydroxylation is 2. The number of carbonyl (C=O) groups is 2. The maximum Gasteiger partial charge on any atom is 0.220 e. The summed E-state index contributed by atoms with van der Waals surface area (Å²) in [4.78, 5) is 24.2. The maximum atomic E-state index is 12.1. The van der Waals surface area contributed by atoms with Crippen molar-refractivity contribution in [1.82, 2.24) is 10.6 Å². The zero-order valence-electron chi connectivity index (χ0n) is 16.1. The van der Waals surface area contributed by atoms with E-state index in [0.717, 1.165) is 17.5 Å². The smallest absolute Gasteiger partial charge is 0.220 e. The fourth-order valence-corrected chi connectivity index (χ4v) is 2.76. The van der Waals surface area contributed by atoms with Gasteiger partial charge in [0, 0.05) is 25.4 Å². The van der Waals surface area contributed by atoms with Crippen molar-refractivity contribution in [3.8, 4) is 11.5 Å². The molecule has 0 heterocycles. The molecule has 0 bridgehead atoms. The molecule has 0 aliphatic carbocycles. The van der Waals surface area contributed by atoms with Gasteiger partial charge in [0.05, 0.1) is 0 Å². The first-order valence-corrected chi connectivity index (χ1v) is 9.58. The van der Waals surface area contributed by atoms with Gasteiger partial charge in [-0.25, -0.2) is 0 Å². The molecule has 28 heavy (non-hydrogen) atoms. The molecule has 2 rings (SSSR count). The summed E-state index contributed by atoms with van der Waals surface area (Å²) in [5.41, 5.74) is 1.98. The van der Waals surface area contributed by atoms with E-state index < -0.39 is 0 Å². The molecular formula is C22H28N2O4. The zero-order valence-corrected chi connectivity index (χ0v) is 16.1. The summed E-state index contributed by atoms with van der Waals surface area (Å²) in [5.74, 6) is 0.295. The Labute approximate surface area is 165 Å². The number of phenols is 2. The summed E-state index contributed by atoms with van der Waals surface area (Å²) in [6.45, 7) is 2.36. The van der Waals surface area contributed by atoms with Gasteiger partial charge in [0.15, 0.2) is 0 Å². The number of benzene rings is 2. The lowest BCUT2D eigenvalue weighted by atomic mass is 10.1. The van der Waals surface area contributed by atoms with Gasteiger partial charge in [-0.05, 0) is 54.7 Å². The summed E-state index contributed by atoms with van der Waals surface area (Å²) in [5, 5.41) is 24.4. The number of carbonyl (C=O) groups excluding carboxylic acids is 2. The molecule has 150 valence electrons. The van der Waals surface area contributed by atoms with E-state index in [0.29, 0.717) is 32.2 Å². The quantitative estimate of drug-likeness (QED) is 0.506. The first kappa shape index (κ1) is 21.3. The average Bonchev–Trinajstić information content (AvgIpc) is 2.70. The molecule has 2 amide bonds. The van der Waals surface area contributed by atoms with Gasteiger partial charge < -0.3 is 20.8 Å². The summed E-state index contributed by atoms with van der Waals surface area (Å²) in [6, 6.07) is 13.5. The van der Waals surface area contributed by atoms with Crippen molar-refractivity contribution in [2.45, 2.75) is 45.1 Å². The standard InChI is InChI=1S/C22H28N2O4/c1-2-18(24-22(28)14-8-17-5-11-20(26)12-6-17)15-23-21(27)13-7-16-3-9-19(25)10-4-16/h3-6,9-12,18,25-26H,2,7-8,13-15H2,1H3,(H,23,27)(H,24,28). The maximum absolute atomic E-state index is 12.1. The fraction of sp³-hybridized carbons (Fsp3) is 0.364. The molecule has 2 aromatic carbocycles. The van der Waals surface area contributed by atoms with Crippen molar-refractivity contribution in [2.75, 3.05) is 6.54 Å². The summed E-state index contributed by atoms with van der Waals surface area (Å²) >= 11 is 0. The summed E-state index contributed by atoms with van der Waals surface area (Å²) < 4.78 is 0. The van der Waals surface area contributed by atoms with Crippen LogP contribution in [0.1, 0.15) is 37.3 Å². The molecule has 0 aliphatic rings. The minimum atomic E-state index is -0.107. The average molecular weight is 384 g/mol. The third-order valence-corrected chi connectivity index (χ3v) is 4.56. The molecular weight excluding hydrogens is 356 g/mol. The van der Waals surface area contributed by atoms with Crippen LogP contribution in [0.2, 0.25) is 0 Å². The number of rotatable bonds is 10. The Bertz CT molecular complexity index is 757. The summed E-state index contributed by atoms with van der Waals surface area (Å²) in [7, 11) is 0. The molecule has 6 nitrogen and oxygen atoms in total. The number of aromatic hydroxyl groups is 2. The van der Waals surface area contributed by atoms with Gasteiger partial charge >= 0.3 is 0 Å². The van der Waals surface area contributed by atoms with Crippen LogP contribution in [0.3, 0.4) is 0 Å². The molecule has 0 saturated carbocycles. The van der Waals surface area contributed by atoms with E-state index in [2.05, 4.69) is 10.6 Å². The van der Waals surface area contributed by atoms with Crippen molar-refractivity contribution in [1.29, 1.82) is 0 Å². The number of phenolic OH excluding ortho intramolecular Hbond substituents is 2. The van der Waals surface area contributed by atoms with Crippen molar-refractivity contribution in [2.24, 2.45) is 0 Å². The van der Waals surface area contributed by atoms with E-state index in [1.807, 2.05) is 6.92 Å². The van der Waals surface area contributed by atoms with E-state index in [4.69, 9.17) is 0 Å².